The van der Waals surface area contributed by atoms with E-state index in [4.69, 9.17) is 0 Å². The largest absolute Gasteiger partial charge is 0.348 e. The van der Waals surface area contributed by atoms with Gasteiger partial charge >= 0.3 is 5.69 Å². The average Bonchev–Trinajstić information content (AvgIpc) is 3.20. The van der Waals surface area contributed by atoms with Gasteiger partial charge in [-0.2, -0.15) is 4.98 Å². The van der Waals surface area contributed by atoms with Gasteiger partial charge in [0.1, 0.15) is 10.8 Å². The molecule has 0 bridgehead atoms. The molecule has 1 aromatic heterocycles. The van der Waals surface area contributed by atoms with Gasteiger partial charge in [-0.15, -0.1) is 0 Å². The number of rotatable bonds is 9. The number of nitrogens with zero attached hydrogens (tertiary/aromatic N) is 3. The number of hydrogen-bond donors (Lipinski definition) is 1. The van der Waals surface area contributed by atoms with Crippen molar-refractivity contribution in [1.29, 1.82) is 0 Å². The van der Waals surface area contributed by atoms with Crippen LogP contribution in [0.15, 0.2) is 34.1 Å². The van der Waals surface area contributed by atoms with Crippen molar-refractivity contribution in [1.82, 2.24) is 14.5 Å². The van der Waals surface area contributed by atoms with Crippen LogP contribution in [0.3, 0.4) is 0 Å². The summed E-state index contributed by atoms with van der Waals surface area (Å²) in [5, 5.41) is 3.20. The molecule has 156 valence electrons. The van der Waals surface area contributed by atoms with E-state index >= 15 is 0 Å². The number of benzene rings is 1. The maximum absolute atomic E-state index is 13.7. The van der Waals surface area contributed by atoms with E-state index in [0.29, 0.717) is 11.6 Å². The lowest BCUT2D eigenvalue weighted by atomic mass is 10.2. The van der Waals surface area contributed by atoms with E-state index < -0.39 is 5.82 Å². The van der Waals surface area contributed by atoms with Gasteiger partial charge in [0.05, 0.1) is 11.4 Å². The predicted molar refractivity (Wildman–Crippen MR) is 114 cm³/mol. The number of fused-ring (bicyclic) bond motifs is 1. The van der Waals surface area contributed by atoms with Crippen molar-refractivity contribution in [3.8, 4) is 0 Å². The Labute approximate surface area is 174 Å². The Balaban J connectivity index is 1.70. The number of thioether (sulfide) groups is 1. The van der Waals surface area contributed by atoms with Gasteiger partial charge in [0.2, 0.25) is 5.91 Å². The molecule has 2 aromatic rings. The lowest BCUT2D eigenvalue weighted by molar-refractivity contribution is -0.113. The maximum atomic E-state index is 13.7. The minimum absolute atomic E-state index is 0.0800. The maximum Gasteiger partial charge on any atom is 0.348 e. The Kier molecular flexibility index (Phi) is 7.44. The van der Waals surface area contributed by atoms with Crippen LogP contribution in [0.1, 0.15) is 31.5 Å². The summed E-state index contributed by atoms with van der Waals surface area (Å²) in [4.78, 5) is 31.4. The van der Waals surface area contributed by atoms with Gasteiger partial charge in [-0.25, -0.2) is 9.18 Å². The standard InChI is InChI=1S/C21H27FN4O2S/c1-3-25(4-2)12-13-26-18-11-7-8-15(18)20(24-21(26)28)29-14-19(27)23-17-10-6-5-9-16(17)22/h5-6,9-10H,3-4,7-8,11-14H2,1-2H3,(H,23,27). The fraction of sp³-hybridized carbons (Fsp3) is 0.476. The molecule has 1 heterocycles. The van der Waals surface area contributed by atoms with Crippen LogP contribution in [-0.2, 0) is 24.2 Å². The summed E-state index contributed by atoms with van der Waals surface area (Å²) in [6.45, 7) is 7.58. The first-order valence-corrected chi connectivity index (χ1v) is 11.0. The average molecular weight is 419 g/mol. The molecule has 0 atom stereocenters. The Morgan fingerprint density at radius 3 is 2.76 bits per heavy atom. The van der Waals surface area contributed by atoms with E-state index in [9.17, 15) is 14.0 Å². The van der Waals surface area contributed by atoms with Crippen molar-refractivity contribution in [2.24, 2.45) is 0 Å². The second kappa shape index (κ2) is 10.0. The molecule has 6 nitrogen and oxygen atoms in total. The number of aromatic nitrogens is 2. The van der Waals surface area contributed by atoms with Crippen LogP contribution in [0.2, 0.25) is 0 Å². The van der Waals surface area contributed by atoms with E-state index in [1.807, 2.05) is 0 Å². The molecule has 0 unspecified atom stereocenters. The van der Waals surface area contributed by atoms with Gasteiger partial charge in [0.15, 0.2) is 0 Å². The molecule has 1 N–H and O–H groups in total. The van der Waals surface area contributed by atoms with Crippen molar-refractivity contribution >= 4 is 23.4 Å². The number of para-hydroxylation sites is 1. The molecule has 0 saturated carbocycles. The third-order valence-corrected chi connectivity index (χ3v) is 6.24. The first-order chi connectivity index (χ1) is 14.0. The number of anilines is 1. The number of hydrogen-bond acceptors (Lipinski definition) is 5. The Morgan fingerprint density at radius 1 is 1.28 bits per heavy atom. The van der Waals surface area contributed by atoms with Gasteiger partial charge in [0.25, 0.3) is 0 Å². The van der Waals surface area contributed by atoms with E-state index in [2.05, 4.69) is 29.0 Å². The van der Waals surface area contributed by atoms with Crippen LogP contribution in [0.4, 0.5) is 10.1 Å². The van der Waals surface area contributed by atoms with Gasteiger partial charge in [-0.05, 0) is 44.5 Å². The minimum atomic E-state index is -0.472. The lowest BCUT2D eigenvalue weighted by Gasteiger charge is -2.20. The summed E-state index contributed by atoms with van der Waals surface area (Å²) in [6.07, 6.45) is 2.71. The quantitative estimate of drug-likeness (QED) is 0.501. The molecule has 8 heteroatoms. The monoisotopic (exact) mass is 418 g/mol. The molecule has 29 heavy (non-hydrogen) atoms. The van der Waals surface area contributed by atoms with Crippen LogP contribution in [0.5, 0.6) is 0 Å². The molecule has 0 spiro atoms. The zero-order valence-electron chi connectivity index (χ0n) is 16.9. The molecule has 0 radical (unpaired) electrons. The third kappa shape index (κ3) is 5.25. The van der Waals surface area contributed by atoms with Gasteiger partial charge < -0.3 is 10.2 Å². The van der Waals surface area contributed by atoms with E-state index in [-0.39, 0.29) is 23.0 Å². The zero-order chi connectivity index (χ0) is 20.8. The number of nitrogens with one attached hydrogen (secondary N) is 1. The smallest absolute Gasteiger partial charge is 0.323 e. The van der Waals surface area contributed by atoms with Crippen molar-refractivity contribution in [3.05, 3.63) is 51.8 Å². The number of amides is 1. The van der Waals surface area contributed by atoms with E-state index in [1.54, 1.807) is 16.7 Å². The second-order valence-electron chi connectivity index (χ2n) is 6.97. The molecule has 0 fully saturated rings. The van der Waals surface area contributed by atoms with Gasteiger partial charge in [-0.1, -0.05) is 37.7 Å². The van der Waals surface area contributed by atoms with Crippen LogP contribution in [0, 0.1) is 5.82 Å². The SMILES string of the molecule is CCN(CC)CCn1c2c(c(SCC(=O)Nc3ccccc3F)nc1=O)CCC2. The van der Waals surface area contributed by atoms with Crippen molar-refractivity contribution in [2.75, 3.05) is 30.7 Å². The molecule has 1 aliphatic rings. The molecular formula is C21H27FN4O2S. The molecule has 1 aromatic carbocycles. The summed E-state index contributed by atoms with van der Waals surface area (Å²) >= 11 is 1.25. The first-order valence-electron chi connectivity index (χ1n) is 10.1. The highest BCUT2D eigenvalue weighted by molar-refractivity contribution is 8.00. The highest BCUT2D eigenvalue weighted by atomic mass is 32.2. The second-order valence-corrected chi connectivity index (χ2v) is 7.94. The summed E-state index contributed by atoms with van der Waals surface area (Å²) in [6, 6.07) is 6.06. The molecule has 0 aliphatic heterocycles. The Hall–Kier alpha value is -2.19. The molecule has 3 rings (SSSR count). The summed E-state index contributed by atoms with van der Waals surface area (Å²) in [5.41, 5.74) is 2.03. The zero-order valence-corrected chi connectivity index (χ0v) is 17.7. The van der Waals surface area contributed by atoms with Crippen molar-refractivity contribution < 1.29 is 9.18 Å². The fourth-order valence-corrected chi connectivity index (χ4v) is 4.48. The topological polar surface area (TPSA) is 67.2 Å². The van der Waals surface area contributed by atoms with Gasteiger partial charge in [0, 0.05) is 24.3 Å². The third-order valence-electron chi connectivity index (χ3n) is 5.22. The van der Waals surface area contributed by atoms with Crippen LogP contribution < -0.4 is 11.0 Å². The van der Waals surface area contributed by atoms with Crippen LogP contribution in [-0.4, -0.2) is 45.7 Å². The molecular weight excluding hydrogens is 391 g/mol. The Morgan fingerprint density at radius 2 is 2.03 bits per heavy atom. The lowest BCUT2D eigenvalue weighted by Crippen LogP contribution is -2.34. The van der Waals surface area contributed by atoms with E-state index in [0.717, 1.165) is 50.2 Å². The van der Waals surface area contributed by atoms with Crippen molar-refractivity contribution in [2.45, 2.75) is 44.7 Å². The normalized spacial score (nSPS) is 13.0. The fourth-order valence-electron chi connectivity index (χ4n) is 3.60. The van der Waals surface area contributed by atoms with Gasteiger partial charge in [-0.3, -0.25) is 9.36 Å². The number of likely N-dealkylation sites (N-methyl/N-ethyl adjacent to an activating group) is 1. The number of carbonyl (C=O) groups is 1. The van der Waals surface area contributed by atoms with E-state index in [1.165, 1.54) is 23.9 Å². The summed E-state index contributed by atoms with van der Waals surface area (Å²) in [5.74, 6) is -0.712. The summed E-state index contributed by atoms with van der Waals surface area (Å²) in [7, 11) is 0. The Bertz CT molecular complexity index is 927. The molecule has 1 amide bonds. The highest BCUT2D eigenvalue weighted by Gasteiger charge is 2.22. The van der Waals surface area contributed by atoms with Crippen LogP contribution >= 0.6 is 11.8 Å². The number of halogens is 1. The highest BCUT2D eigenvalue weighted by Crippen LogP contribution is 2.29. The molecule has 1 aliphatic carbocycles. The minimum Gasteiger partial charge on any atom is -0.323 e. The van der Waals surface area contributed by atoms with Crippen LogP contribution in [0.25, 0.3) is 0 Å². The predicted octanol–water partition coefficient (Wildman–Crippen LogP) is 2.94. The molecule has 0 saturated heterocycles. The summed E-state index contributed by atoms with van der Waals surface area (Å²) < 4.78 is 15.5. The number of carbonyl (C=O) groups excluding carboxylic acids is 1. The first kappa shape index (κ1) is 21.5. The van der Waals surface area contributed by atoms with Crippen molar-refractivity contribution in [3.63, 3.8) is 0 Å².